The summed E-state index contributed by atoms with van der Waals surface area (Å²) in [4.78, 5) is 40.5. The summed E-state index contributed by atoms with van der Waals surface area (Å²) in [6.45, 7) is 3.58. The van der Waals surface area contributed by atoms with Crippen molar-refractivity contribution in [3.8, 4) is 6.07 Å². The van der Waals surface area contributed by atoms with Crippen LogP contribution in [-0.2, 0) is 14.4 Å². The van der Waals surface area contributed by atoms with E-state index in [0.29, 0.717) is 32.5 Å². The molecule has 2 aliphatic rings. The van der Waals surface area contributed by atoms with Gasteiger partial charge in [-0.25, -0.2) is 0 Å². The summed E-state index contributed by atoms with van der Waals surface area (Å²) >= 11 is 0. The maximum absolute atomic E-state index is 12.9. The van der Waals surface area contributed by atoms with Gasteiger partial charge in [0, 0.05) is 32.1 Å². The average molecular weight is 382 g/mol. The lowest BCUT2D eigenvalue weighted by Gasteiger charge is -2.34. The van der Waals surface area contributed by atoms with Crippen LogP contribution in [0.1, 0.15) is 44.2 Å². The first-order valence-electron chi connectivity index (χ1n) is 9.79. The molecular formula is C21H26N4O3. The van der Waals surface area contributed by atoms with Gasteiger partial charge < -0.3 is 15.1 Å². The van der Waals surface area contributed by atoms with Gasteiger partial charge in [0.05, 0.1) is 18.0 Å². The lowest BCUT2D eigenvalue weighted by molar-refractivity contribution is -0.137. The van der Waals surface area contributed by atoms with E-state index in [4.69, 9.17) is 5.26 Å². The summed E-state index contributed by atoms with van der Waals surface area (Å²) in [6.07, 6.45) is 1.47. The maximum atomic E-state index is 12.9. The highest BCUT2D eigenvalue weighted by atomic mass is 16.2. The summed E-state index contributed by atoms with van der Waals surface area (Å²) in [5.74, 6) is -0.520. The number of nitrogens with one attached hydrogen (secondary N) is 1. The molecule has 0 aromatic heterocycles. The summed E-state index contributed by atoms with van der Waals surface area (Å²) in [7, 11) is 0. The van der Waals surface area contributed by atoms with Gasteiger partial charge >= 0.3 is 0 Å². The second kappa shape index (κ2) is 8.87. The molecule has 0 saturated carbocycles. The molecule has 0 spiro atoms. The number of carbonyl (C=O) groups is 3. The van der Waals surface area contributed by atoms with Gasteiger partial charge in [0.1, 0.15) is 6.42 Å². The Balaban J connectivity index is 1.53. The van der Waals surface area contributed by atoms with Gasteiger partial charge in [-0.2, -0.15) is 5.26 Å². The summed E-state index contributed by atoms with van der Waals surface area (Å²) in [6, 6.07) is 11.6. The average Bonchev–Trinajstić information content (AvgIpc) is 3.10. The van der Waals surface area contributed by atoms with E-state index in [1.165, 1.54) is 0 Å². The molecule has 2 saturated heterocycles. The van der Waals surface area contributed by atoms with Crippen molar-refractivity contribution < 1.29 is 14.4 Å². The fourth-order valence-corrected chi connectivity index (χ4v) is 4.04. The van der Waals surface area contributed by atoms with Gasteiger partial charge in [-0.15, -0.1) is 0 Å². The van der Waals surface area contributed by atoms with E-state index in [-0.39, 0.29) is 48.6 Å². The molecule has 7 nitrogen and oxygen atoms in total. The Bertz CT molecular complexity index is 766. The number of benzene rings is 1. The van der Waals surface area contributed by atoms with E-state index >= 15 is 0 Å². The third kappa shape index (κ3) is 4.50. The first kappa shape index (κ1) is 19.9. The first-order valence-corrected chi connectivity index (χ1v) is 9.79. The Kier molecular flexibility index (Phi) is 6.30. The Hall–Kier alpha value is -2.88. The normalized spacial score (nSPS) is 21.3. The molecular weight excluding hydrogens is 356 g/mol. The van der Waals surface area contributed by atoms with Crippen molar-refractivity contribution in [3.63, 3.8) is 0 Å². The van der Waals surface area contributed by atoms with Crippen molar-refractivity contribution in [2.45, 2.75) is 44.7 Å². The second-order valence-corrected chi connectivity index (χ2v) is 7.54. The van der Waals surface area contributed by atoms with Crippen LogP contribution in [0.3, 0.4) is 0 Å². The van der Waals surface area contributed by atoms with Crippen LogP contribution in [0.25, 0.3) is 0 Å². The topological polar surface area (TPSA) is 93.5 Å². The predicted octanol–water partition coefficient (Wildman–Crippen LogP) is 1.62. The van der Waals surface area contributed by atoms with Crippen molar-refractivity contribution in [3.05, 3.63) is 35.9 Å². The SMILES string of the molecule is CC(c1ccccc1)N1CC(C(=O)N2CCC(NC(=O)CC#N)CC2)CC1=O. The molecule has 0 radical (unpaired) electrons. The number of carbonyl (C=O) groups excluding carboxylic acids is 3. The molecule has 0 aliphatic carbocycles. The Morgan fingerprint density at radius 3 is 2.57 bits per heavy atom. The minimum absolute atomic E-state index is 0.00436. The molecule has 2 aliphatic heterocycles. The minimum atomic E-state index is -0.302. The summed E-state index contributed by atoms with van der Waals surface area (Å²) in [5, 5.41) is 11.4. The number of hydrogen-bond donors (Lipinski definition) is 1. The standard InChI is InChI=1S/C21H26N4O3/c1-15(16-5-3-2-4-6-16)25-14-17(13-20(25)27)21(28)24-11-8-18(9-12-24)23-19(26)7-10-22/h2-6,15,17-18H,7-9,11-14H2,1H3,(H,23,26). The largest absolute Gasteiger partial charge is 0.352 e. The molecule has 28 heavy (non-hydrogen) atoms. The lowest BCUT2D eigenvalue weighted by atomic mass is 10.0. The van der Waals surface area contributed by atoms with Crippen molar-refractivity contribution >= 4 is 17.7 Å². The molecule has 1 N–H and O–H groups in total. The molecule has 3 amide bonds. The molecule has 7 heteroatoms. The summed E-state index contributed by atoms with van der Waals surface area (Å²) < 4.78 is 0. The maximum Gasteiger partial charge on any atom is 0.234 e. The quantitative estimate of drug-likeness (QED) is 0.837. The Labute approximate surface area is 165 Å². The van der Waals surface area contributed by atoms with E-state index in [1.807, 2.05) is 48.2 Å². The molecule has 2 heterocycles. The van der Waals surface area contributed by atoms with Crippen LogP contribution >= 0.6 is 0 Å². The zero-order valence-electron chi connectivity index (χ0n) is 16.1. The number of rotatable bonds is 5. The van der Waals surface area contributed by atoms with Crippen LogP contribution < -0.4 is 5.32 Å². The van der Waals surface area contributed by atoms with Gasteiger partial charge in [0.15, 0.2) is 0 Å². The Morgan fingerprint density at radius 1 is 1.25 bits per heavy atom. The lowest BCUT2D eigenvalue weighted by Crippen LogP contribution is -2.48. The predicted molar refractivity (Wildman–Crippen MR) is 103 cm³/mol. The highest BCUT2D eigenvalue weighted by molar-refractivity contribution is 5.89. The van der Waals surface area contributed by atoms with Gasteiger partial charge in [0.2, 0.25) is 17.7 Å². The van der Waals surface area contributed by atoms with Crippen LogP contribution in [0.15, 0.2) is 30.3 Å². The smallest absolute Gasteiger partial charge is 0.234 e. The first-order chi connectivity index (χ1) is 13.5. The van der Waals surface area contributed by atoms with Crippen molar-refractivity contribution in [2.75, 3.05) is 19.6 Å². The van der Waals surface area contributed by atoms with E-state index in [9.17, 15) is 14.4 Å². The molecule has 1 aromatic carbocycles. The van der Waals surface area contributed by atoms with E-state index in [2.05, 4.69) is 5.32 Å². The van der Waals surface area contributed by atoms with E-state index < -0.39 is 0 Å². The number of hydrogen-bond acceptors (Lipinski definition) is 4. The van der Waals surface area contributed by atoms with Crippen LogP contribution in [0, 0.1) is 17.2 Å². The molecule has 2 fully saturated rings. The Morgan fingerprint density at radius 2 is 1.93 bits per heavy atom. The zero-order valence-corrected chi connectivity index (χ0v) is 16.1. The third-order valence-electron chi connectivity index (χ3n) is 5.67. The number of amides is 3. The van der Waals surface area contributed by atoms with Gasteiger partial charge in [-0.05, 0) is 25.3 Å². The number of piperidine rings is 1. The van der Waals surface area contributed by atoms with Crippen molar-refractivity contribution in [1.29, 1.82) is 5.26 Å². The summed E-state index contributed by atoms with van der Waals surface area (Å²) in [5.41, 5.74) is 1.07. The molecule has 2 atom stereocenters. The highest BCUT2D eigenvalue weighted by Crippen LogP contribution is 2.30. The molecule has 0 bridgehead atoms. The molecule has 1 aromatic rings. The minimum Gasteiger partial charge on any atom is -0.352 e. The van der Waals surface area contributed by atoms with Crippen LogP contribution in [0.5, 0.6) is 0 Å². The van der Waals surface area contributed by atoms with Crippen LogP contribution in [0.4, 0.5) is 0 Å². The van der Waals surface area contributed by atoms with Gasteiger partial charge in [-0.3, -0.25) is 14.4 Å². The fraction of sp³-hybridized carbons (Fsp3) is 0.524. The van der Waals surface area contributed by atoms with Crippen LogP contribution in [0.2, 0.25) is 0 Å². The number of nitrogens with zero attached hydrogens (tertiary/aromatic N) is 3. The third-order valence-corrected chi connectivity index (χ3v) is 5.67. The van der Waals surface area contributed by atoms with Gasteiger partial charge in [0.25, 0.3) is 0 Å². The number of nitriles is 1. The van der Waals surface area contributed by atoms with Crippen molar-refractivity contribution in [1.82, 2.24) is 15.1 Å². The van der Waals surface area contributed by atoms with Crippen LogP contribution in [-0.4, -0.2) is 53.2 Å². The zero-order chi connectivity index (χ0) is 20.1. The molecule has 148 valence electrons. The monoisotopic (exact) mass is 382 g/mol. The molecule has 2 unspecified atom stereocenters. The molecule has 3 rings (SSSR count). The van der Waals surface area contributed by atoms with Gasteiger partial charge in [-0.1, -0.05) is 30.3 Å². The number of likely N-dealkylation sites (tertiary alicyclic amines) is 2. The fourth-order valence-electron chi connectivity index (χ4n) is 4.04. The van der Waals surface area contributed by atoms with E-state index in [1.54, 1.807) is 4.90 Å². The second-order valence-electron chi connectivity index (χ2n) is 7.54. The van der Waals surface area contributed by atoms with Crippen molar-refractivity contribution in [2.24, 2.45) is 5.92 Å². The van der Waals surface area contributed by atoms with E-state index in [0.717, 1.165) is 5.56 Å². The highest BCUT2D eigenvalue weighted by Gasteiger charge is 2.39.